The Morgan fingerprint density at radius 2 is 1.91 bits per heavy atom. The van der Waals surface area contributed by atoms with Crippen molar-refractivity contribution in [1.29, 1.82) is 0 Å². The molecule has 1 aromatic heterocycles. The maximum Gasteiger partial charge on any atom is 0.237 e. The van der Waals surface area contributed by atoms with Gasteiger partial charge in [0.2, 0.25) is 5.91 Å². The molecule has 0 spiro atoms. The summed E-state index contributed by atoms with van der Waals surface area (Å²) >= 11 is 1.12. The zero-order chi connectivity index (χ0) is 16.3. The smallest absolute Gasteiger partial charge is 0.237 e. The van der Waals surface area contributed by atoms with Crippen molar-refractivity contribution in [1.82, 2.24) is 9.97 Å². The molecule has 1 heterocycles. The average Bonchev–Trinajstić information content (AvgIpc) is 2.41. The van der Waals surface area contributed by atoms with Crippen molar-refractivity contribution in [2.75, 3.05) is 16.8 Å². The second kappa shape index (κ2) is 6.61. The molecule has 0 bridgehead atoms. The number of carbonyl (C=O) groups is 1. The second-order valence-corrected chi connectivity index (χ2v) is 6.02. The van der Waals surface area contributed by atoms with Crippen LogP contribution in [0.25, 0.3) is 0 Å². The maximum absolute atomic E-state index is 13.5. The summed E-state index contributed by atoms with van der Waals surface area (Å²) in [6.07, 6.45) is 0. The van der Waals surface area contributed by atoms with E-state index in [1.54, 1.807) is 26.0 Å². The van der Waals surface area contributed by atoms with Crippen LogP contribution in [0.15, 0.2) is 29.4 Å². The first kappa shape index (κ1) is 16.0. The summed E-state index contributed by atoms with van der Waals surface area (Å²) in [6.45, 7) is 3.34. The van der Waals surface area contributed by atoms with E-state index in [4.69, 9.17) is 11.5 Å². The third-order valence-electron chi connectivity index (χ3n) is 2.84. The Hall–Kier alpha value is -2.35. The first-order valence-electron chi connectivity index (χ1n) is 6.49. The van der Waals surface area contributed by atoms with Gasteiger partial charge in [0.05, 0.1) is 5.25 Å². The largest absolute Gasteiger partial charge is 0.383 e. The molecule has 1 aromatic carbocycles. The Kier molecular flexibility index (Phi) is 4.81. The molecular formula is C14H16FN5OS. The number of rotatable bonds is 4. The summed E-state index contributed by atoms with van der Waals surface area (Å²) in [5.41, 5.74) is 12.1. The first-order valence-corrected chi connectivity index (χ1v) is 7.37. The van der Waals surface area contributed by atoms with Gasteiger partial charge in [-0.2, -0.15) is 0 Å². The molecule has 0 saturated carbocycles. The number of aromatic nitrogens is 2. The van der Waals surface area contributed by atoms with Crippen molar-refractivity contribution in [3.8, 4) is 0 Å². The predicted octanol–water partition coefficient (Wildman–Crippen LogP) is 2.21. The fourth-order valence-corrected chi connectivity index (χ4v) is 2.44. The van der Waals surface area contributed by atoms with Crippen LogP contribution >= 0.6 is 11.8 Å². The maximum atomic E-state index is 13.5. The molecule has 22 heavy (non-hydrogen) atoms. The molecule has 0 fully saturated rings. The second-order valence-electron chi connectivity index (χ2n) is 4.71. The Labute approximate surface area is 131 Å². The van der Waals surface area contributed by atoms with Gasteiger partial charge in [0.15, 0.2) is 5.16 Å². The lowest BCUT2D eigenvalue weighted by Crippen LogP contribution is -2.22. The van der Waals surface area contributed by atoms with Crippen LogP contribution in [0.1, 0.15) is 12.5 Å². The standard InChI is InChI=1S/C14H16FN5OS/c1-7-3-4-9(5-10(7)15)18-13(21)8(2)22-14-19-11(16)6-12(17)20-14/h3-6,8H,1-2H3,(H,18,21)(H4,16,17,19,20). The Balaban J connectivity index is 2.04. The molecule has 1 atom stereocenters. The number of anilines is 3. The quantitative estimate of drug-likeness (QED) is 0.589. The summed E-state index contributed by atoms with van der Waals surface area (Å²) < 4.78 is 13.5. The first-order chi connectivity index (χ1) is 10.3. The predicted molar refractivity (Wildman–Crippen MR) is 85.9 cm³/mol. The lowest BCUT2D eigenvalue weighted by molar-refractivity contribution is -0.115. The van der Waals surface area contributed by atoms with Crippen LogP contribution in [0.4, 0.5) is 21.7 Å². The summed E-state index contributed by atoms with van der Waals surface area (Å²) in [4.78, 5) is 20.1. The number of hydrogen-bond acceptors (Lipinski definition) is 6. The van der Waals surface area contributed by atoms with Crippen molar-refractivity contribution in [3.63, 3.8) is 0 Å². The highest BCUT2D eigenvalue weighted by molar-refractivity contribution is 8.00. The highest BCUT2D eigenvalue weighted by atomic mass is 32.2. The number of nitrogens with one attached hydrogen (secondary N) is 1. The van der Waals surface area contributed by atoms with Gasteiger partial charge in [-0.25, -0.2) is 14.4 Å². The number of amides is 1. The van der Waals surface area contributed by atoms with Crippen molar-refractivity contribution in [3.05, 3.63) is 35.6 Å². The van der Waals surface area contributed by atoms with Crippen LogP contribution in [-0.4, -0.2) is 21.1 Å². The van der Waals surface area contributed by atoms with Gasteiger partial charge in [0.25, 0.3) is 0 Å². The monoisotopic (exact) mass is 321 g/mol. The van der Waals surface area contributed by atoms with E-state index in [-0.39, 0.29) is 23.4 Å². The number of nitrogens with two attached hydrogens (primary N) is 2. The fraction of sp³-hybridized carbons (Fsp3) is 0.214. The van der Waals surface area contributed by atoms with Gasteiger partial charge in [0, 0.05) is 11.8 Å². The number of benzene rings is 1. The van der Waals surface area contributed by atoms with Crippen LogP contribution in [0.5, 0.6) is 0 Å². The minimum Gasteiger partial charge on any atom is -0.383 e. The minimum atomic E-state index is -0.495. The van der Waals surface area contributed by atoms with Crippen molar-refractivity contribution in [2.24, 2.45) is 0 Å². The number of thioether (sulfide) groups is 1. The Bertz CT molecular complexity index is 689. The molecule has 0 aliphatic heterocycles. The molecule has 1 unspecified atom stereocenters. The molecule has 1 amide bonds. The topological polar surface area (TPSA) is 107 Å². The van der Waals surface area contributed by atoms with Gasteiger partial charge in [-0.05, 0) is 31.5 Å². The van der Waals surface area contributed by atoms with Crippen LogP contribution in [0.3, 0.4) is 0 Å². The van der Waals surface area contributed by atoms with E-state index < -0.39 is 5.25 Å². The van der Waals surface area contributed by atoms with E-state index in [9.17, 15) is 9.18 Å². The van der Waals surface area contributed by atoms with E-state index in [1.165, 1.54) is 12.1 Å². The zero-order valence-corrected chi connectivity index (χ0v) is 12.9. The number of halogens is 1. The number of nitrogen functional groups attached to an aromatic ring is 2. The summed E-state index contributed by atoms with van der Waals surface area (Å²) in [7, 11) is 0. The summed E-state index contributed by atoms with van der Waals surface area (Å²) in [5, 5.41) is 2.46. The van der Waals surface area contributed by atoms with E-state index in [2.05, 4.69) is 15.3 Å². The number of carbonyl (C=O) groups excluding carboxylic acids is 1. The molecular weight excluding hydrogens is 305 g/mol. The third-order valence-corrected chi connectivity index (χ3v) is 3.80. The van der Waals surface area contributed by atoms with Crippen molar-refractivity contribution >= 4 is 35.0 Å². The zero-order valence-electron chi connectivity index (χ0n) is 12.1. The van der Waals surface area contributed by atoms with Gasteiger partial charge >= 0.3 is 0 Å². The van der Waals surface area contributed by atoms with Crippen LogP contribution in [0, 0.1) is 12.7 Å². The van der Waals surface area contributed by atoms with Crippen molar-refractivity contribution < 1.29 is 9.18 Å². The third kappa shape index (κ3) is 4.08. The molecule has 0 saturated heterocycles. The molecule has 5 N–H and O–H groups in total. The van der Waals surface area contributed by atoms with Gasteiger partial charge < -0.3 is 16.8 Å². The lowest BCUT2D eigenvalue weighted by Gasteiger charge is -2.12. The summed E-state index contributed by atoms with van der Waals surface area (Å²) in [5.74, 6) is -0.186. The van der Waals surface area contributed by atoms with E-state index in [0.717, 1.165) is 11.8 Å². The minimum absolute atomic E-state index is 0.239. The van der Waals surface area contributed by atoms with E-state index >= 15 is 0 Å². The average molecular weight is 321 g/mol. The van der Waals surface area contributed by atoms with E-state index in [0.29, 0.717) is 16.4 Å². The SMILES string of the molecule is Cc1ccc(NC(=O)C(C)Sc2nc(N)cc(N)n2)cc1F. The Morgan fingerprint density at radius 3 is 2.50 bits per heavy atom. The summed E-state index contributed by atoms with van der Waals surface area (Å²) in [6, 6.07) is 5.96. The molecule has 2 aromatic rings. The van der Waals surface area contributed by atoms with Gasteiger partial charge in [-0.1, -0.05) is 17.8 Å². The normalized spacial score (nSPS) is 12.0. The number of nitrogens with zero attached hydrogens (tertiary/aromatic N) is 2. The Morgan fingerprint density at radius 1 is 1.27 bits per heavy atom. The highest BCUT2D eigenvalue weighted by Gasteiger charge is 2.17. The molecule has 0 aliphatic rings. The molecule has 2 rings (SSSR count). The van der Waals surface area contributed by atoms with E-state index in [1.807, 2.05) is 0 Å². The van der Waals surface area contributed by atoms with Gasteiger partial charge in [-0.15, -0.1) is 0 Å². The molecule has 0 aliphatic carbocycles. The van der Waals surface area contributed by atoms with Crippen LogP contribution in [-0.2, 0) is 4.79 Å². The highest BCUT2D eigenvalue weighted by Crippen LogP contribution is 2.23. The van der Waals surface area contributed by atoms with Crippen LogP contribution < -0.4 is 16.8 Å². The molecule has 6 nitrogen and oxygen atoms in total. The molecule has 116 valence electrons. The van der Waals surface area contributed by atoms with Gasteiger partial charge in [-0.3, -0.25) is 4.79 Å². The molecule has 8 heteroatoms. The number of hydrogen-bond donors (Lipinski definition) is 3. The number of aryl methyl sites for hydroxylation is 1. The fourth-order valence-electron chi connectivity index (χ4n) is 1.64. The lowest BCUT2D eigenvalue weighted by atomic mass is 10.2. The molecule has 0 radical (unpaired) electrons. The van der Waals surface area contributed by atoms with Crippen LogP contribution in [0.2, 0.25) is 0 Å². The van der Waals surface area contributed by atoms with Crippen molar-refractivity contribution in [2.45, 2.75) is 24.3 Å². The van der Waals surface area contributed by atoms with Gasteiger partial charge in [0.1, 0.15) is 17.5 Å².